The number of benzene rings is 1. The lowest BCUT2D eigenvalue weighted by atomic mass is 9.95. The van der Waals surface area contributed by atoms with Crippen LogP contribution < -0.4 is 5.32 Å². The first kappa shape index (κ1) is 19.2. The van der Waals surface area contributed by atoms with Crippen molar-refractivity contribution in [3.63, 3.8) is 0 Å². The van der Waals surface area contributed by atoms with Gasteiger partial charge in [-0.05, 0) is 35.1 Å². The summed E-state index contributed by atoms with van der Waals surface area (Å²) < 4.78 is 1.73. The van der Waals surface area contributed by atoms with Gasteiger partial charge in [-0.3, -0.25) is 9.69 Å². The highest BCUT2D eigenvalue weighted by Crippen LogP contribution is 2.68. The van der Waals surface area contributed by atoms with Crippen molar-refractivity contribution in [2.45, 2.75) is 18.6 Å². The Balaban J connectivity index is 1.36. The molecule has 1 saturated heterocycles. The number of carbonyl (C=O) groups excluding carboxylic acids is 1. The Bertz CT molecular complexity index is 1060. The van der Waals surface area contributed by atoms with Gasteiger partial charge in [0, 0.05) is 37.8 Å². The molecule has 0 radical (unpaired) electrons. The van der Waals surface area contributed by atoms with Gasteiger partial charge in [-0.2, -0.15) is 5.10 Å². The van der Waals surface area contributed by atoms with Crippen LogP contribution in [0, 0.1) is 11.3 Å². The van der Waals surface area contributed by atoms with Gasteiger partial charge in [0.2, 0.25) is 5.91 Å². The maximum Gasteiger partial charge on any atom is 0.245 e. The normalized spacial score (nSPS) is 28.3. The van der Waals surface area contributed by atoms with E-state index in [-0.39, 0.29) is 23.2 Å². The second kappa shape index (κ2) is 7.46. The zero-order chi connectivity index (χ0) is 20.7. The van der Waals surface area contributed by atoms with Gasteiger partial charge in [0.25, 0.3) is 0 Å². The first-order valence-corrected chi connectivity index (χ1v) is 10.2. The highest BCUT2D eigenvalue weighted by molar-refractivity contribution is 5.76. The second-order valence-corrected chi connectivity index (χ2v) is 8.35. The summed E-state index contributed by atoms with van der Waals surface area (Å²) in [6.45, 7) is 2.00. The van der Waals surface area contributed by atoms with E-state index >= 15 is 0 Å². The molecule has 1 saturated carbocycles. The molecular formula is C22H25N5O3. The van der Waals surface area contributed by atoms with E-state index in [1.807, 2.05) is 36.5 Å². The van der Waals surface area contributed by atoms with Crippen LogP contribution in [-0.4, -0.2) is 68.0 Å². The third-order valence-electron chi connectivity index (χ3n) is 6.68. The smallest absolute Gasteiger partial charge is 0.245 e. The minimum atomic E-state index is -0.518. The predicted octanol–water partition coefficient (Wildman–Crippen LogP) is 0.414. The fourth-order valence-electron chi connectivity index (χ4n) is 5.31. The molecule has 30 heavy (non-hydrogen) atoms. The molecule has 3 N–H and O–H groups in total. The van der Waals surface area contributed by atoms with Crippen LogP contribution >= 0.6 is 0 Å². The van der Waals surface area contributed by atoms with Crippen molar-refractivity contribution in [2.75, 3.05) is 26.2 Å². The van der Waals surface area contributed by atoms with Gasteiger partial charge >= 0.3 is 0 Å². The van der Waals surface area contributed by atoms with Gasteiger partial charge in [-0.15, -0.1) is 0 Å². The van der Waals surface area contributed by atoms with E-state index in [1.54, 1.807) is 4.52 Å². The second-order valence-electron chi connectivity index (χ2n) is 8.35. The zero-order valence-corrected chi connectivity index (χ0v) is 16.6. The highest BCUT2D eigenvalue weighted by Gasteiger charge is 2.70. The molecule has 0 bridgehead atoms. The Hall–Kier alpha value is -2.81. The number of β-amino-alcohol motifs (C(OH)–C–C–N with tert-alkyl or cyclic N) is 1. The van der Waals surface area contributed by atoms with Crippen LogP contribution in [0.3, 0.4) is 0 Å². The number of fused-ring (bicyclic) bond motifs is 1. The van der Waals surface area contributed by atoms with Crippen molar-refractivity contribution in [3.05, 3.63) is 66.1 Å². The van der Waals surface area contributed by atoms with E-state index in [1.165, 1.54) is 11.9 Å². The van der Waals surface area contributed by atoms with Crippen molar-refractivity contribution in [1.82, 2.24) is 24.8 Å². The van der Waals surface area contributed by atoms with Crippen LogP contribution in [-0.2, 0) is 11.3 Å². The molecule has 156 valence electrons. The third-order valence-corrected chi connectivity index (χ3v) is 6.68. The Morgan fingerprint density at radius 1 is 1.27 bits per heavy atom. The first-order valence-electron chi connectivity index (χ1n) is 10.2. The van der Waals surface area contributed by atoms with Crippen LogP contribution in [0.15, 0.2) is 55.0 Å². The number of aromatic nitrogens is 3. The number of aliphatic hydroxyl groups excluding tert-OH is 2. The number of carbonyl (C=O) groups is 1. The van der Waals surface area contributed by atoms with E-state index in [0.717, 1.165) is 24.3 Å². The van der Waals surface area contributed by atoms with Crippen molar-refractivity contribution in [1.29, 1.82) is 0 Å². The lowest BCUT2D eigenvalue weighted by Gasteiger charge is -2.17. The van der Waals surface area contributed by atoms with Crippen molar-refractivity contribution in [2.24, 2.45) is 11.3 Å². The minimum absolute atomic E-state index is 0.134. The van der Waals surface area contributed by atoms with Crippen LogP contribution in [0.4, 0.5) is 0 Å². The SMILES string of the molecule is O=C(CO)NC[C@@H]1[C@@H](c2ccccc2)[C@]12CN(Cc1ccn3ncnc3c1)C[C@@H]2O. The molecule has 2 aliphatic rings. The van der Waals surface area contributed by atoms with E-state index in [0.29, 0.717) is 13.1 Å². The van der Waals surface area contributed by atoms with Gasteiger partial charge < -0.3 is 15.5 Å². The standard InChI is InChI=1S/C22H25N5O3/c28-12-20(30)23-9-17-21(16-4-2-1-3-5-16)22(17)13-26(11-18(22)29)10-15-6-7-27-19(8-15)24-14-25-27/h1-8,14,17-18,21,28-29H,9-13H2,(H,23,30)/t17-,18+,21-,22-/m1/s1. The van der Waals surface area contributed by atoms with Gasteiger partial charge in [0.05, 0.1) is 6.10 Å². The molecule has 1 spiro atoms. The van der Waals surface area contributed by atoms with E-state index in [9.17, 15) is 9.90 Å². The topological polar surface area (TPSA) is 103 Å². The molecule has 2 fully saturated rings. The third kappa shape index (κ3) is 3.17. The predicted molar refractivity (Wildman–Crippen MR) is 109 cm³/mol. The summed E-state index contributed by atoms with van der Waals surface area (Å²) in [4.78, 5) is 18.1. The van der Waals surface area contributed by atoms with Crippen molar-refractivity contribution < 1.29 is 15.0 Å². The summed E-state index contributed by atoms with van der Waals surface area (Å²) in [7, 11) is 0. The minimum Gasteiger partial charge on any atom is -0.391 e. The summed E-state index contributed by atoms with van der Waals surface area (Å²) in [5, 5.41) is 27.1. The van der Waals surface area contributed by atoms with Gasteiger partial charge in [-0.25, -0.2) is 9.50 Å². The van der Waals surface area contributed by atoms with E-state index in [2.05, 4.69) is 32.4 Å². The molecule has 3 aromatic rings. The van der Waals surface area contributed by atoms with E-state index in [4.69, 9.17) is 5.11 Å². The molecule has 0 unspecified atom stereocenters. The van der Waals surface area contributed by atoms with E-state index < -0.39 is 12.7 Å². The highest BCUT2D eigenvalue weighted by atomic mass is 16.3. The van der Waals surface area contributed by atoms with Gasteiger partial charge in [0.15, 0.2) is 5.65 Å². The number of aliphatic hydroxyl groups is 2. The lowest BCUT2D eigenvalue weighted by molar-refractivity contribution is -0.123. The van der Waals surface area contributed by atoms with Crippen molar-refractivity contribution >= 4 is 11.6 Å². The summed E-state index contributed by atoms with van der Waals surface area (Å²) in [6.07, 6.45) is 2.96. The molecule has 2 aromatic heterocycles. The number of nitrogens with zero attached hydrogens (tertiary/aromatic N) is 4. The van der Waals surface area contributed by atoms with Gasteiger partial charge in [-0.1, -0.05) is 30.3 Å². The zero-order valence-electron chi connectivity index (χ0n) is 16.6. The molecule has 8 heteroatoms. The quantitative estimate of drug-likeness (QED) is 0.547. The number of likely N-dealkylation sites (tertiary alicyclic amines) is 1. The number of rotatable bonds is 6. The average Bonchev–Trinajstić information content (AvgIpc) is 3.00. The lowest BCUT2D eigenvalue weighted by Crippen LogP contribution is -2.31. The number of hydrogen-bond acceptors (Lipinski definition) is 6. The molecule has 1 aromatic carbocycles. The van der Waals surface area contributed by atoms with Crippen LogP contribution in [0.5, 0.6) is 0 Å². The Labute approximate surface area is 174 Å². The van der Waals surface area contributed by atoms with Crippen molar-refractivity contribution in [3.8, 4) is 0 Å². The molecule has 1 aliphatic heterocycles. The summed E-state index contributed by atoms with van der Waals surface area (Å²) in [5.74, 6) is -0.0686. The molecule has 1 amide bonds. The monoisotopic (exact) mass is 407 g/mol. The largest absolute Gasteiger partial charge is 0.391 e. The summed E-state index contributed by atoms with van der Waals surface area (Å²) >= 11 is 0. The van der Waals surface area contributed by atoms with Crippen LogP contribution in [0.25, 0.3) is 5.65 Å². The average molecular weight is 407 g/mol. The fourth-order valence-corrected chi connectivity index (χ4v) is 5.31. The summed E-state index contributed by atoms with van der Waals surface area (Å²) in [6, 6.07) is 14.2. The molecule has 3 heterocycles. The first-order chi connectivity index (χ1) is 14.6. The Morgan fingerprint density at radius 3 is 2.90 bits per heavy atom. The number of pyridine rings is 1. The molecular weight excluding hydrogens is 382 g/mol. The Kier molecular flexibility index (Phi) is 4.77. The maximum absolute atomic E-state index is 11.6. The molecule has 5 rings (SSSR count). The number of amides is 1. The fraction of sp³-hybridized carbons (Fsp3) is 0.409. The summed E-state index contributed by atoms with van der Waals surface area (Å²) in [5.41, 5.74) is 2.83. The Morgan fingerprint density at radius 2 is 2.10 bits per heavy atom. The number of nitrogens with one attached hydrogen (secondary N) is 1. The molecule has 4 atom stereocenters. The molecule has 8 nitrogen and oxygen atoms in total. The van der Waals surface area contributed by atoms with Crippen LogP contribution in [0.1, 0.15) is 17.0 Å². The molecule has 1 aliphatic carbocycles. The maximum atomic E-state index is 11.6. The van der Waals surface area contributed by atoms with Crippen LogP contribution in [0.2, 0.25) is 0 Å². The number of hydrogen-bond donors (Lipinski definition) is 3. The van der Waals surface area contributed by atoms with Gasteiger partial charge in [0.1, 0.15) is 12.9 Å².